The van der Waals surface area contributed by atoms with Crippen molar-refractivity contribution < 1.29 is 9.59 Å². The molecule has 60 valence electrons. The Labute approximate surface area is 70.4 Å². The van der Waals surface area contributed by atoms with Crippen molar-refractivity contribution >= 4 is 22.0 Å². The van der Waals surface area contributed by atoms with Gasteiger partial charge in [-0.25, -0.2) is 0 Å². The molecule has 0 fully saturated rings. The molecular formula is C8H10O2S. The molecule has 0 aliphatic rings. The molecule has 0 unspecified atom stereocenters. The van der Waals surface area contributed by atoms with Crippen molar-refractivity contribution in [1.29, 1.82) is 0 Å². The molecule has 2 nitrogen and oxygen atoms in total. The van der Waals surface area contributed by atoms with E-state index in [9.17, 15) is 9.59 Å². The van der Waals surface area contributed by atoms with Gasteiger partial charge >= 0.3 is 0 Å². The lowest BCUT2D eigenvalue weighted by atomic mass is 10.5. The zero-order valence-corrected chi connectivity index (χ0v) is 7.02. The molecule has 0 saturated carbocycles. The van der Waals surface area contributed by atoms with Crippen LogP contribution in [0.3, 0.4) is 0 Å². The molecule has 0 aromatic carbocycles. The minimum absolute atomic E-state index is 0.160. The van der Waals surface area contributed by atoms with E-state index in [0.717, 1.165) is 11.8 Å². The Hall–Kier alpha value is -0.830. The first-order valence-corrected chi connectivity index (χ1v) is 3.97. The fourth-order valence-corrected chi connectivity index (χ4v) is 1.10. The maximum Gasteiger partial charge on any atom is 0.200 e. The zero-order valence-electron chi connectivity index (χ0n) is 6.21. The molecule has 0 rings (SSSR count). The molecular weight excluding hydrogens is 160 g/mol. The van der Waals surface area contributed by atoms with E-state index in [2.05, 4.69) is 13.2 Å². The van der Waals surface area contributed by atoms with E-state index in [0.29, 0.717) is 0 Å². The summed E-state index contributed by atoms with van der Waals surface area (Å²) in [5, 5.41) is -0.321. The van der Waals surface area contributed by atoms with Crippen molar-refractivity contribution in [3.63, 3.8) is 0 Å². The number of allylic oxidation sites excluding steroid dienone is 2. The van der Waals surface area contributed by atoms with Crippen molar-refractivity contribution in [2.24, 2.45) is 0 Å². The summed E-state index contributed by atoms with van der Waals surface area (Å²) in [4.78, 5) is 21.5. The first-order valence-electron chi connectivity index (χ1n) is 3.16. The number of hydrogen-bond acceptors (Lipinski definition) is 3. The van der Waals surface area contributed by atoms with Crippen LogP contribution in [0.1, 0.15) is 12.8 Å². The van der Waals surface area contributed by atoms with Gasteiger partial charge in [0.1, 0.15) is 0 Å². The number of carbonyl (C=O) groups excluding carboxylic acids is 2. The monoisotopic (exact) mass is 170 g/mol. The molecule has 0 radical (unpaired) electrons. The van der Waals surface area contributed by atoms with Crippen LogP contribution in [0.4, 0.5) is 0 Å². The Morgan fingerprint density at radius 1 is 1.09 bits per heavy atom. The Morgan fingerprint density at radius 3 is 1.73 bits per heavy atom. The molecule has 0 heterocycles. The highest BCUT2D eigenvalue weighted by atomic mass is 32.2. The Bertz CT molecular complexity index is 165. The van der Waals surface area contributed by atoms with Gasteiger partial charge in [0.15, 0.2) is 10.2 Å². The molecule has 0 bridgehead atoms. The van der Waals surface area contributed by atoms with E-state index in [1.807, 2.05) is 0 Å². The standard InChI is InChI=1S/C8H10O2S/c1-3-5-7(9)11-8(10)6-4-2/h3-4H,1-2,5-6H2. The summed E-state index contributed by atoms with van der Waals surface area (Å²) in [5.41, 5.74) is 0. The summed E-state index contributed by atoms with van der Waals surface area (Å²) < 4.78 is 0. The minimum Gasteiger partial charge on any atom is -0.286 e. The van der Waals surface area contributed by atoms with Crippen LogP contribution in [0.25, 0.3) is 0 Å². The largest absolute Gasteiger partial charge is 0.286 e. The predicted molar refractivity (Wildman–Crippen MR) is 47.2 cm³/mol. The third kappa shape index (κ3) is 5.61. The van der Waals surface area contributed by atoms with Crippen molar-refractivity contribution in [2.45, 2.75) is 12.8 Å². The van der Waals surface area contributed by atoms with Gasteiger partial charge in [-0.15, -0.1) is 13.2 Å². The summed E-state index contributed by atoms with van der Waals surface area (Å²) in [5.74, 6) is 0. The van der Waals surface area contributed by atoms with Crippen LogP contribution in [-0.4, -0.2) is 10.2 Å². The summed E-state index contributed by atoms with van der Waals surface area (Å²) >= 11 is 0.728. The fourth-order valence-electron chi connectivity index (χ4n) is 0.446. The van der Waals surface area contributed by atoms with Crippen LogP contribution in [0, 0.1) is 0 Å². The number of hydrogen-bond donors (Lipinski definition) is 0. The fraction of sp³-hybridized carbons (Fsp3) is 0.250. The minimum atomic E-state index is -0.160. The third-order valence-corrected chi connectivity index (χ3v) is 1.64. The van der Waals surface area contributed by atoms with E-state index in [-0.39, 0.29) is 23.1 Å². The molecule has 0 spiro atoms. The van der Waals surface area contributed by atoms with Crippen LogP contribution in [-0.2, 0) is 9.59 Å². The van der Waals surface area contributed by atoms with Crippen molar-refractivity contribution in [1.82, 2.24) is 0 Å². The van der Waals surface area contributed by atoms with Gasteiger partial charge < -0.3 is 0 Å². The van der Waals surface area contributed by atoms with E-state index in [1.54, 1.807) is 0 Å². The van der Waals surface area contributed by atoms with E-state index >= 15 is 0 Å². The number of rotatable bonds is 4. The molecule has 0 N–H and O–H groups in total. The van der Waals surface area contributed by atoms with Crippen molar-refractivity contribution in [3.05, 3.63) is 25.3 Å². The summed E-state index contributed by atoms with van der Waals surface area (Å²) in [6, 6.07) is 0. The van der Waals surface area contributed by atoms with Gasteiger partial charge in [-0.2, -0.15) is 0 Å². The van der Waals surface area contributed by atoms with Crippen LogP contribution >= 0.6 is 11.8 Å². The van der Waals surface area contributed by atoms with Gasteiger partial charge in [-0.05, 0) is 11.8 Å². The van der Waals surface area contributed by atoms with Gasteiger partial charge in [0.05, 0.1) is 0 Å². The highest BCUT2D eigenvalue weighted by Gasteiger charge is 2.06. The maximum atomic E-state index is 10.8. The zero-order chi connectivity index (χ0) is 8.69. The lowest BCUT2D eigenvalue weighted by molar-refractivity contribution is -0.112. The summed E-state index contributed by atoms with van der Waals surface area (Å²) in [6.07, 6.45) is 3.45. The van der Waals surface area contributed by atoms with Crippen molar-refractivity contribution in [3.8, 4) is 0 Å². The second kappa shape index (κ2) is 5.92. The van der Waals surface area contributed by atoms with E-state index < -0.39 is 0 Å². The highest BCUT2D eigenvalue weighted by molar-refractivity contribution is 8.26. The molecule has 0 aromatic rings. The molecule has 3 heteroatoms. The second-order valence-corrected chi connectivity index (χ2v) is 2.95. The average molecular weight is 170 g/mol. The van der Waals surface area contributed by atoms with E-state index in [4.69, 9.17) is 0 Å². The molecule has 0 amide bonds. The maximum absolute atomic E-state index is 10.8. The SMILES string of the molecule is C=CCC(=O)SC(=O)CC=C. The Balaban J connectivity index is 3.65. The molecule has 0 atom stereocenters. The number of thioether (sulfide) groups is 1. The number of carbonyl (C=O) groups is 2. The Kier molecular flexibility index (Phi) is 5.47. The van der Waals surface area contributed by atoms with Gasteiger partial charge in [0, 0.05) is 12.8 Å². The van der Waals surface area contributed by atoms with Crippen LogP contribution < -0.4 is 0 Å². The first kappa shape index (κ1) is 10.2. The molecule has 11 heavy (non-hydrogen) atoms. The molecule has 0 aliphatic carbocycles. The van der Waals surface area contributed by atoms with Crippen molar-refractivity contribution in [2.75, 3.05) is 0 Å². The van der Waals surface area contributed by atoms with E-state index in [1.165, 1.54) is 12.2 Å². The van der Waals surface area contributed by atoms with Gasteiger partial charge in [-0.1, -0.05) is 12.2 Å². The lowest BCUT2D eigenvalue weighted by Gasteiger charge is -1.92. The van der Waals surface area contributed by atoms with Gasteiger partial charge in [0.25, 0.3) is 0 Å². The first-order chi connectivity index (χ1) is 5.20. The third-order valence-electron chi connectivity index (χ3n) is 0.850. The topological polar surface area (TPSA) is 34.1 Å². The highest BCUT2D eigenvalue weighted by Crippen LogP contribution is 2.09. The molecule has 0 aliphatic heterocycles. The predicted octanol–water partition coefficient (Wildman–Crippen LogP) is 1.93. The smallest absolute Gasteiger partial charge is 0.200 e. The van der Waals surface area contributed by atoms with Crippen LogP contribution in [0.5, 0.6) is 0 Å². The summed E-state index contributed by atoms with van der Waals surface area (Å²) in [6.45, 7) is 6.78. The van der Waals surface area contributed by atoms with Crippen LogP contribution in [0.15, 0.2) is 25.3 Å². The Morgan fingerprint density at radius 2 is 1.45 bits per heavy atom. The second-order valence-electron chi connectivity index (χ2n) is 1.83. The quantitative estimate of drug-likeness (QED) is 0.604. The lowest BCUT2D eigenvalue weighted by Crippen LogP contribution is -1.96. The molecule has 0 aromatic heterocycles. The summed E-state index contributed by atoms with van der Waals surface area (Å²) in [7, 11) is 0. The van der Waals surface area contributed by atoms with Crippen LogP contribution in [0.2, 0.25) is 0 Å². The normalized spacial score (nSPS) is 8.73. The average Bonchev–Trinajstić information content (AvgIpc) is 1.87. The molecule has 0 saturated heterocycles. The van der Waals surface area contributed by atoms with Gasteiger partial charge in [-0.3, -0.25) is 9.59 Å². The van der Waals surface area contributed by atoms with Gasteiger partial charge in [0.2, 0.25) is 0 Å².